The van der Waals surface area contributed by atoms with Crippen LogP contribution in [0, 0.1) is 6.92 Å². The summed E-state index contributed by atoms with van der Waals surface area (Å²) in [4.78, 5) is 23.6. The summed E-state index contributed by atoms with van der Waals surface area (Å²) in [5.41, 5.74) is 5.23. The third-order valence-corrected chi connectivity index (χ3v) is 5.08. The molecule has 0 aliphatic rings. The summed E-state index contributed by atoms with van der Waals surface area (Å²) < 4.78 is 25.9. The molecule has 7 nitrogen and oxygen atoms in total. The van der Waals surface area contributed by atoms with E-state index in [1.807, 2.05) is 0 Å². The average Bonchev–Trinajstić information content (AvgIpc) is 2.42. The van der Waals surface area contributed by atoms with Gasteiger partial charge < -0.3 is 10.7 Å². The van der Waals surface area contributed by atoms with Crippen LogP contribution in [0.2, 0.25) is 0 Å². The predicted octanol–water partition coefficient (Wildman–Crippen LogP) is -0.713. The van der Waals surface area contributed by atoms with E-state index in [9.17, 15) is 18.0 Å². The van der Waals surface area contributed by atoms with Crippen molar-refractivity contribution in [3.8, 4) is 0 Å². The maximum atomic E-state index is 11.8. The molecular weight excluding hydrogens is 266 g/mol. The number of aromatic amines is 1. The fourth-order valence-electron chi connectivity index (χ4n) is 1.31. The quantitative estimate of drug-likeness (QED) is 0.658. The highest BCUT2D eigenvalue weighted by Crippen LogP contribution is 2.16. The minimum absolute atomic E-state index is 0.0705. The number of amides is 1. The SMILES string of the molecule is Cc1[nH]c(=O)sc1S(=O)(=O)NC(C)CC(N)=O. The summed E-state index contributed by atoms with van der Waals surface area (Å²) in [7, 11) is -3.79. The smallest absolute Gasteiger partial charge is 0.305 e. The van der Waals surface area contributed by atoms with Crippen molar-refractivity contribution < 1.29 is 13.2 Å². The number of primary amides is 1. The lowest BCUT2D eigenvalue weighted by molar-refractivity contribution is -0.118. The number of hydrogen-bond acceptors (Lipinski definition) is 5. The molecule has 1 atom stereocenters. The van der Waals surface area contributed by atoms with Gasteiger partial charge in [-0.3, -0.25) is 9.59 Å². The Bertz CT molecular complexity index is 572. The number of nitrogens with one attached hydrogen (secondary N) is 2. The van der Waals surface area contributed by atoms with E-state index in [4.69, 9.17) is 5.73 Å². The highest BCUT2D eigenvalue weighted by atomic mass is 32.2. The molecule has 1 aromatic heterocycles. The van der Waals surface area contributed by atoms with E-state index >= 15 is 0 Å². The Morgan fingerprint density at radius 3 is 2.59 bits per heavy atom. The largest absolute Gasteiger partial charge is 0.370 e. The van der Waals surface area contributed by atoms with Crippen LogP contribution in [-0.2, 0) is 14.8 Å². The molecule has 9 heteroatoms. The molecule has 96 valence electrons. The van der Waals surface area contributed by atoms with Crippen LogP contribution >= 0.6 is 11.3 Å². The molecule has 1 amide bonds. The monoisotopic (exact) mass is 279 g/mol. The highest BCUT2D eigenvalue weighted by molar-refractivity contribution is 7.91. The Morgan fingerprint density at radius 1 is 1.59 bits per heavy atom. The number of aryl methyl sites for hydroxylation is 1. The Hall–Kier alpha value is -1.19. The molecule has 0 aliphatic carbocycles. The molecule has 0 fully saturated rings. The highest BCUT2D eigenvalue weighted by Gasteiger charge is 2.23. The van der Waals surface area contributed by atoms with Crippen molar-refractivity contribution in [1.82, 2.24) is 9.71 Å². The molecule has 0 saturated carbocycles. The van der Waals surface area contributed by atoms with Gasteiger partial charge in [0.15, 0.2) is 4.21 Å². The third-order valence-electron chi connectivity index (χ3n) is 1.89. The summed E-state index contributed by atoms with van der Waals surface area (Å²) in [5.74, 6) is -0.598. The van der Waals surface area contributed by atoms with Crippen molar-refractivity contribution in [2.24, 2.45) is 5.73 Å². The Morgan fingerprint density at radius 2 is 2.18 bits per heavy atom. The van der Waals surface area contributed by atoms with Crippen LogP contribution in [0.15, 0.2) is 9.00 Å². The Balaban J connectivity index is 2.93. The lowest BCUT2D eigenvalue weighted by Gasteiger charge is -2.11. The second-order valence-electron chi connectivity index (χ2n) is 3.62. The van der Waals surface area contributed by atoms with Crippen LogP contribution in [0.1, 0.15) is 19.0 Å². The van der Waals surface area contributed by atoms with Gasteiger partial charge in [-0.15, -0.1) is 0 Å². The number of hydrogen-bond donors (Lipinski definition) is 3. The molecule has 4 N–H and O–H groups in total. The van der Waals surface area contributed by atoms with E-state index in [0.717, 1.165) is 0 Å². The second kappa shape index (κ2) is 4.98. The van der Waals surface area contributed by atoms with Crippen molar-refractivity contribution in [2.45, 2.75) is 30.5 Å². The predicted molar refractivity (Wildman–Crippen MR) is 63.3 cm³/mol. The maximum absolute atomic E-state index is 11.8. The van der Waals surface area contributed by atoms with Crippen LogP contribution in [0.4, 0.5) is 0 Å². The third kappa shape index (κ3) is 3.65. The second-order valence-corrected chi connectivity index (χ2v) is 6.51. The lowest BCUT2D eigenvalue weighted by atomic mass is 10.2. The number of sulfonamides is 1. The lowest BCUT2D eigenvalue weighted by Crippen LogP contribution is -2.35. The number of carbonyl (C=O) groups excluding carboxylic acids is 1. The van der Waals surface area contributed by atoms with Gasteiger partial charge >= 0.3 is 4.87 Å². The van der Waals surface area contributed by atoms with Crippen molar-refractivity contribution in [1.29, 1.82) is 0 Å². The molecule has 1 unspecified atom stereocenters. The minimum atomic E-state index is -3.79. The normalized spacial score (nSPS) is 13.5. The van der Waals surface area contributed by atoms with Crippen molar-refractivity contribution in [2.75, 3.05) is 0 Å². The van der Waals surface area contributed by atoms with Gasteiger partial charge in [-0.05, 0) is 13.8 Å². The average molecular weight is 279 g/mol. The molecule has 0 aromatic carbocycles. The van der Waals surface area contributed by atoms with Gasteiger partial charge in [0.2, 0.25) is 5.91 Å². The van der Waals surface area contributed by atoms with Crippen LogP contribution in [0.25, 0.3) is 0 Å². The number of nitrogens with two attached hydrogens (primary N) is 1. The minimum Gasteiger partial charge on any atom is -0.370 e. The number of aromatic nitrogens is 1. The molecule has 0 spiro atoms. The van der Waals surface area contributed by atoms with E-state index in [0.29, 0.717) is 11.3 Å². The van der Waals surface area contributed by atoms with Crippen molar-refractivity contribution >= 4 is 27.3 Å². The van der Waals surface area contributed by atoms with Gasteiger partial charge in [0.05, 0.1) is 0 Å². The zero-order valence-corrected chi connectivity index (χ0v) is 10.9. The number of H-pyrrole nitrogens is 1. The van der Waals surface area contributed by atoms with Gasteiger partial charge in [0.25, 0.3) is 10.0 Å². The summed E-state index contributed by atoms with van der Waals surface area (Å²) in [5, 5.41) is 0. The summed E-state index contributed by atoms with van der Waals surface area (Å²) in [6.07, 6.45) is -0.0996. The molecule has 0 saturated heterocycles. The number of thiazole rings is 1. The molecule has 1 aromatic rings. The van der Waals surface area contributed by atoms with E-state index in [-0.39, 0.29) is 16.3 Å². The maximum Gasteiger partial charge on any atom is 0.305 e. The fraction of sp³-hybridized carbons (Fsp3) is 0.500. The molecule has 0 aliphatic heterocycles. The van der Waals surface area contributed by atoms with Gasteiger partial charge in [0, 0.05) is 18.2 Å². The van der Waals surface area contributed by atoms with Gasteiger partial charge in [-0.1, -0.05) is 11.3 Å². The molecule has 17 heavy (non-hydrogen) atoms. The van der Waals surface area contributed by atoms with E-state index in [2.05, 4.69) is 9.71 Å². The van der Waals surface area contributed by atoms with Crippen LogP contribution in [0.3, 0.4) is 0 Å². The van der Waals surface area contributed by atoms with Crippen LogP contribution in [0.5, 0.6) is 0 Å². The first-order valence-electron chi connectivity index (χ1n) is 4.72. The van der Waals surface area contributed by atoms with Gasteiger partial charge in [0.1, 0.15) is 0 Å². The number of rotatable bonds is 5. The zero-order chi connectivity index (χ0) is 13.2. The first-order chi connectivity index (χ1) is 7.72. The van der Waals surface area contributed by atoms with Gasteiger partial charge in [-0.2, -0.15) is 0 Å². The van der Waals surface area contributed by atoms with Crippen LogP contribution < -0.4 is 15.3 Å². The van der Waals surface area contributed by atoms with Gasteiger partial charge in [-0.25, -0.2) is 13.1 Å². The summed E-state index contributed by atoms with van der Waals surface area (Å²) in [6, 6.07) is -0.617. The first-order valence-corrected chi connectivity index (χ1v) is 7.02. The first kappa shape index (κ1) is 13.9. The molecule has 0 radical (unpaired) electrons. The Labute approximate surface area is 102 Å². The topological polar surface area (TPSA) is 122 Å². The number of carbonyl (C=O) groups is 1. The van der Waals surface area contributed by atoms with Crippen LogP contribution in [-0.4, -0.2) is 25.4 Å². The summed E-state index contributed by atoms with van der Waals surface area (Å²) in [6.45, 7) is 3.01. The summed E-state index contributed by atoms with van der Waals surface area (Å²) >= 11 is 0.604. The molecule has 1 heterocycles. The van der Waals surface area contributed by atoms with E-state index in [1.54, 1.807) is 0 Å². The standard InChI is InChI=1S/C8H13N3O4S2/c1-4(3-6(9)12)11-17(14,15)7-5(2)10-8(13)16-7/h4,11H,3H2,1-2H3,(H2,9,12)(H,10,13). The van der Waals surface area contributed by atoms with Crippen molar-refractivity contribution in [3.05, 3.63) is 15.4 Å². The van der Waals surface area contributed by atoms with E-state index in [1.165, 1.54) is 13.8 Å². The fourth-order valence-corrected chi connectivity index (χ4v) is 3.87. The molecule has 1 rings (SSSR count). The zero-order valence-electron chi connectivity index (χ0n) is 9.31. The molecular formula is C8H13N3O4S2. The molecule has 0 bridgehead atoms. The Kier molecular flexibility index (Phi) is 4.07. The van der Waals surface area contributed by atoms with E-state index < -0.39 is 26.8 Å². The van der Waals surface area contributed by atoms with Crippen molar-refractivity contribution in [3.63, 3.8) is 0 Å².